The van der Waals surface area contributed by atoms with Crippen LogP contribution >= 0.6 is 0 Å². The second kappa shape index (κ2) is 12.9. The van der Waals surface area contributed by atoms with Gasteiger partial charge in [0.1, 0.15) is 13.2 Å². The molecule has 8 heteroatoms. The molecule has 0 radical (unpaired) electrons. The van der Waals surface area contributed by atoms with Crippen molar-refractivity contribution in [3.05, 3.63) is 119 Å². The maximum Gasteiger partial charge on any atom is 0.212 e. The fourth-order valence-corrected chi connectivity index (χ4v) is 8.51. The molecule has 4 aliphatic rings. The van der Waals surface area contributed by atoms with E-state index in [1.54, 1.807) is 0 Å². The maximum absolute atomic E-state index is 6.90. The zero-order valence-corrected chi connectivity index (χ0v) is 31.0. The summed E-state index contributed by atoms with van der Waals surface area (Å²) < 4.78 is 37.9. The Labute approximate surface area is 307 Å². The number of nitrogens with zero attached hydrogens (tertiary/aromatic N) is 2. The van der Waals surface area contributed by atoms with Crippen molar-refractivity contribution in [3.63, 3.8) is 0 Å². The van der Waals surface area contributed by atoms with Gasteiger partial charge in [-0.1, -0.05) is 60.7 Å². The summed E-state index contributed by atoms with van der Waals surface area (Å²) >= 11 is 0. The molecule has 0 aromatic heterocycles. The van der Waals surface area contributed by atoms with Crippen LogP contribution in [0.4, 0.5) is 11.4 Å². The van der Waals surface area contributed by atoms with E-state index in [1.807, 2.05) is 24.3 Å². The van der Waals surface area contributed by atoms with Crippen LogP contribution in [-0.2, 0) is 20.3 Å². The molecular weight excluding hydrogens is 652 g/mol. The number of para-hydroxylation sites is 4. The van der Waals surface area contributed by atoms with Gasteiger partial charge in [-0.15, -0.1) is 0 Å². The molecule has 0 fully saturated rings. The quantitative estimate of drug-likeness (QED) is 0.145. The molecule has 4 aromatic carbocycles. The van der Waals surface area contributed by atoms with Gasteiger partial charge in [0, 0.05) is 36.6 Å². The SMILES string of the molecule is CN1c2ccccc2C(C)(C)C12C=Cc1cccc(OCCOCCOCCOc3cccc4c3OC3(C=C4)N(C)c4ccccc4C3(C)C)c1O2. The van der Waals surface area contributed by atoms with E-state index >= 15 is 0 Å². The number of fused-ring (bicyclic) bond motifs is 4. The molecule has 4 aromatic rings. The third-order valence-electron chi connectivity index (χ3n) is 11.5. The highest BCUT2D eigenvalue weighted by molar-refractivity contribution is 5.75. The summed E-state index contributed by atoms with van der Waals surface area (Å²) in [6.07, 6.45) is 8.65. The second-order valence-corrected chi connectivity index (χ2v) is 14.9. The molecule has 4 aliphatic heterocycles. The van der Waals surface area contributed by atoms with Crippen LogP contribution in [-0.4, -0.2) is 65.2 Å². The molecule has 8 rings (SSSR count). The lowest BCUT2D eigenvalue weighted by atomic mass is 9.76. The summed E-state index contributed by atoms with van der Waals surface area (Å²) in [7, 11) is 4.19. The van der Waals surface area contributed by atoms with Gasteiger partial charge in [-0.05, 0) is 87.4 Å². The molecule has 2 atom stereocenters. The van der Waals surface area contributed by atoms with Crippen LogP contribution in [0.25, 0.3) is 12.2 Å². The fraction of sp³-hybridized carbons (Fsp3) is 0.364. The van der Waals surface area contributed by atoms with Crippen LogP contribution in [0.1, 0.15) is 49.9 Å². The van der Waals surface area contributed by atoms with Gasteiger partial charge in [0.15, 0.2) is 23.0 Å². The summed E-state index contributed by atoms with van der Waals surface area (Å²) in [6.45, 7) is 11.5. The minimum absolute atomic E-state index is 0.279. The third-order valence-corrected chi connectivity index (χ3v) is 11.5. The summed E-state index contributed by atoms with van der Waals surface area (Å²) in [5.74, 6) is 2.92. The van der Waals surface area contributed by atoms with Crippen LogP contribution in [0.3, 0.4) is 0 Å². The topological polar surface area (TPSA) is 61.9 Å². The number of rotatable bonds is 11. The first kappa shape index (κ1) is 34.2. The molecule has 0 saturated heterocycles. The average Bonchev–Trinajstić information content (AvgIpc) is 3.42. The van der Waals surface area contributed by atoms with E-state index in [2.05, 4.69) is 137 Å². The monoisotopic (exact) mass is 700 g/mol. The van der Waals surface area contributed by atoms with Gasteiger partial charge in [0.25, 0.3) is 0 Å². The van der Waals surface area contributed by atoms with Crippen molar-refractivity contribution < 1.29 is 28.4 Å². The van der Waals surface area contributed by atoms with Crippen molar-refractivity contribution >= 4 is 23.5 Å². The predicted octanol–water partition coefficient (Wildman–Crippen LogP) is 8.24. The Morgan fingerprint density at radius 3 is 1.33 bits per heavy atom. The first-order valence-corrected chi connectivity index (χ1v) is 18.2. The molecule has 2 unspecified atom stereocenters. The van der Waals surface area contributed by atoms with Gasteiger partial charge in [0.05, 0.1) is 37.3 Å². The van der Waals surface area contributed by atoms with Crippen LogP contribution in [0, 0.1) is 0 Å². The number of anilines is 2. The largest absolute Gasteiger partial charge is 0.487 e. The molecule has 0 N–H and O–H groups in total. The summed E-state index contributed by atoms with van der Waals surface area (Å²) in [5, 5.41) is 0. The molecule has 0 aliphatic carbocycles. The van der Waals surface area contributed by atoms with Crippen molar-refractivity contribution in [3.8, 4) is 23.0 Å². The van der Waals surface area contributed by atoms with Gasteiger partial charge in [-0.3, -0.25) is 0 Å². The highest BCUT2D eigenvalue weighted by atomic mass is 16.6. The predicted molar refractivity (Wildman–Crippen MR) is 206 cm³/mol. The highest BCUT2D eigenvalue weighted by Crippen LogP contribution is 2.56. The zero-order valence-electron chi connectivity index (χ0n) is 31.0. The van der Waals surface area contributed by atoms with E-state index in [-0.39, 0.29) is 10.8 Å². The van der Waals surface area contributed by atoms with E-state index in [9.17, 15) is 0 Å². The van der Waals surface area contributed by atoms with E-state index in [0.717, 1.165) is 22.6 Å². The lowest BCUT2D eigenvalue weighted by Crippen LogP contribution is -2.58. The fourth-order valence-electron chi connectivity index (χ4n) is 8.51. The summed E-state index contributed by atoms with van der Waals surface area (Å²) in [4.78, 5) is 4.46. The first-order valence-electron chi connectivity index (χ1n) is 18.2. The Morgan fingerprint density at radius 2 is 0.904 bits per heavy atom. The van der Waals surface area contributed by atoms with Crippen molar-refractivity contribution in [2.75, 3.05) is 63.5 Å². The Hall–Kier alpha value is -4.92. The normalized spacial score (nSPS) is 22.4. The van der Waals surface area contributed by atoms with Gasteiger partial charge >= 0.3 is 0 Å². The molecule has 0 amide bonds. The summed E-state index contributed by atoms with van der Waals surface area (Å²) in [6, 6.07) is 29.0. The molecule has 0 bridgehead atoms. The number of benzene rings is 4. The van der Waals surface area contributed by atoms with Crippen LogP contribution in [0.5, 0.6) is 23.0 Å². The van der Waals surface area contributed by atoms with E-state index < -0.39 is 11.4 Å². The highest BCUT2D eigenvalue weighted by Gasteiger charge is 2.59. The molecular formula is C44H48N2O6. The smallest absolute Gasteiger partial charge is 0.212 e. The molecule has 52 heavy (non-hydrogen) atoms. The van der Waals surface area contributed by atoms with Gasteiger partial charge in [-0.2, -0.15) is 0 Å². The van der Waals surface area contributed by atoms with Gasteiger partial charge < -0.3 is 38.2 Å². The van der Waals surface area contributed by atoms with Crippen LogP contribution < -0.4 is 28.7 Å². The maximum atomic E-state index is 6.90. The lowest BCUT2D eigenvalue weighted by molar-refractivity contribution is 0.0235. The number of ether oxygens (including phenoxy) is 6. The first-order chi connectivity index (χ1) is 25.1. The number of likely N-dealkylation sites (N-methyl/N-ethyl adjacent to an activating group) is 2. The molecule has 8 nitrogen and oxygen atoms in total. The Kier molecular flexibility index (Phi) is 8.50. The number of hydrogen-bond donors (Lipinski definition) is 0. The number of hydrogen-bond acceptors (Lipinski definition) is 8. The standard InChI is InChI=1S/C44H48N2O6/c1-41(2)33-15-7-9-17-35(33)45(5)43(41)23-21-31-13-11-19-37(39(31)51-43)49-29-27-47-25-26-48-28-30-50-38-20-12-14-32-22-24-44(52-40(32)38)42(3,4)34-16-8-10-18-36(34)46(44)6/h7-24H,25-30H2,1-6H3. The van der Waals surface area contributed by atoms with Crippen LogP contribution in [0.2, 0.25) is 0 Å². The van der Waals surface area contributed by atoms with Gasteiger partial charge in [-0.25, -0.2) is 0 Å². The van der Waals surface area contributed by atoms with E-state index in [1.165, 1.54) is 22.5 Å². The Balaban J connectivity index is 0.797. The molecule has 4 heterocycles. The van der Waals surface area contributed by atoms with Crippen molar-refractivity contribution in [2.45, 2.75) is 50.0 Å². The average molecular weight is 701 g/mol. The minimum Gasteiger partial charge on any atom is -0.487 e. The Morgan fingerprint density at radius 1 is 0.500 bits per heavy atom. The van der Waals surface area contributed by atoms with Crippen LogP contribution in [0.15, 0.2) is 97.1 Å². The van der Waals surface area contributed by atoms with Crippen molar-refractivity contribution in [1.82, 2.24) is 0 Å². The van der Waals surface area contributed by atoms with Crippen molar-refractivity contribution in [2.24, 2.45) is 0 Å². The van der Waals surface area contributed by atoms with Crippen molar-refractivity contribution in [1.29, 1.82) is 0 Å². The van der Waals surface area contributed by atoms with E-state index in [0.29, 0.717) is 51.1 Å². The zero-order chi connectivity index (χ0) is 36.1. The van der Waals surface area contributed by atoms with Gasteiger partial charge in [0.2, 0.25) is 11.4 Å². The van der Waals surface area contributed by atoms with E-state index in [4.69, 9.17) is 28.4 Å². The molecule has 270 valence electrons. The molecule has 0 saturated carbocycles. The summed E-state index contributed by atoms with van der Waals surface area (Å²) in [5.41, 5.74) is 4.98. The Bertz CT molecular complexity index is 1890. The lowest BCUT2D eigenvalue weighted by Gasteiger charge is -2.46. The third kappa shape index (κ3) is 5.18. The molecule has 2 spiro atoms. The second-order valence-electron chi connectivity index (χ2n) is 14.9. The minimum atomic E-state index is -0.664.